The molecule has 0 atom stereocenters. The van der Waals surface area contributed by atoms with Gasteiger partial charge < -0.3 is 15.8 Å². The van der Waals surface area contributed by atoms with Crippen molar-refractivity contribution in [3.05, 3.63) is 24.0 Å². The molecule has 0 radical (unpaired) electrons. The Balaban J connectivity index is 2.14. The predicted molar refractivity (Wildman–Crippen MR) is 68.9 cm³/mol. The number of fused-ring (bicyclic) bond motifs is 1. The smallest absolute Gasteiger partial charge is 0.251 e. The van der Waals surface area contributed by atoms with Crippen LogP contribution in [0.4, 0.5) is 14.5 Å². The van der Waals surface area contributed by atoms with Crippen molar-refractivity contribution in [2.45, 2.75) is 13.0 Å². The first-order chi connectivity index (χ1) is 9.08. The molecule has 0 aliphatic rings. The van der Waals surface area contributed by atoms with Gasteiger partial charge in [0.25, 0.3) is 6.43 Å². The second-order valence-corrected chi connectivity index (χ2v) is 4.31. The number of aliphatic hydroxyl groups is 1. The van der Waals surface area contributed by atoms with Gasteiger partial charge >= 0.3 is 0 Å². The van der Waals surface area contributed by atoms with Crippen LogP contribution < -0.4 is 5.73 Å². The van der Waals surface area contributed by atoms with Gasteiger partial charge in [-0.25, -0.2) is 13.8 Å². The second-order valence-electron chi connectivity index (χ2n) is 4.31. The van der Waals surface area contributed by atoms with Gasteiger partial charge in [-0.3, -0.25) is 4.90 Å². The molecular weight excluding hydrogens is 254 g/mol. The first-order valence-electron chi connectivity index (χ1n) is 5.94. The van der Waals surface area contributed by atoms with E-state index in [4.69, 9.17) is 10.8 Å². The Kier molecular flexibility index (Phi) is 4.28. The summed E-state index contributed by atoms with van der Waals surface area (Å²) in [4.78, 5) is 8.79. The zero-order chi connectivity index (χ0) is 13.8. The summed E-state index contributed by atoms with van der Waals surface area (Å²) in [6.45, 7) is -0.136. The molecule has 0 unspecified atom stereocenters. The van der Waals surface area contributed by atoms with Crippen molar-refractivity contribution >= 4 is 16.7 Å². The number of nitrogens with one attached hydrogen (secondary N) is 1. The average Bonchev–Trinajstić information content (AvgIpc) is 2.69. The molecular formula is C12H16F2N4O. The predicted octanol–water partition coefficient (Wildman–Crippen LogP) is 1.20. The number of hydrogen-bond donors (Lipinski definition) is 3. The van der Waals surface area contributed by atoms with Crippen LogP contribution in [0.25, 0.3) is 11.0 Å². The molecule has 2 aromatic rings. The molecule has 7 heteroatoms. The molecule has 4 N–H and O–H groups in total. The van der Waals surface area contributed by atoms with Crippen LogP contribution in [0.2, 0.25) is 0 Å². The Morgan fingerprint density at radius 3 is 2.89 bits per heavy atom. The molecule has 0 spiro atoms. The summed E-state index contributed by atoms with van der Waals surface area (Å²) >= 11 is 0. The molecule has 19 heavy (non-hydrogen) atoms. The number of aromatic nitrogens is 2. The molecule has 0 aliphatic heterocycles. The van der Waals surface area contributed by atoms with E-state index in [-0.39, 0.29) is 26.2 Å². The zero-order valence-corrected chi connectivity index (χ0v) is 10.3. The van der Waals surface area contributed by atoms with E-state index in [2.05, 4.69) is 9.97 Å². The van der Waals surface area contributed by atoms with E-state index in [0.717, 1.165) is 11.0 Å². The Bertz CT molecular complexity index is 544. The van der Waals surface area contributed by atoms with E-state index in [1.807, 2.05) is 0 Å². The van der Waals surface area contributed by atoms with Gasteiger partial charge in [0, 0.05) is 12.2 Å². The minimum absolute atomic E-state index is 0.167. The number of alkyl halides is 2. The number of rotatable bonds is 6. The summed E-state index contributed by atoms with van der Waals surface area (Å²) in [5, 5.41) is 8.87. The number of aliphatic hydroxyl groups excluding tert-OH is 1. The Hall–Kier alpha value is -1.73. The standard InChI is InChI=1S/C12H16F2N4O/c13-11(14)6-18(3-4-19)7-12-16-9-2-1-8(15)5-10(9)17-12/h1-2,5,11,19H,3-4,6-7,15H2,(H,16,17). The highest BCUT2D eigenvalue weighted by molar-refractivity contribution is 5.78. The molecule has 104 valence electrons. The highest BCUT2D eigenvalue weighted by Crippen LogP contribution is 2.16. The summed E-state index contributed by atoms with van der Waals surface area (Å²) in [5.41, 5.74) is 7.79. The van der Waals surface area contributed by atoms with Crippen LogP contribution in [0.5, 0.6) is 0 Å². The lowest BCUT2D eigenvalue weighted by Crippen LogP contribution is -2.31. The normalized spacial score (nSPS) is 11.8. The summed E-state index contributed by atoms with van der Waals surface area (Å²) in [6.07, 6.45) is -2.44. The molecule has 2 rings (SSSR count). The summed E-state index contributed by atoms with van der Waals surface area (Å²) < 4.78 is 24.8. The van der Waals surface area contributed by atoms with Crippen molar-refractivity contribution in [2.75, 3.05) is 25.4 Å². The molecule has 0 amide bonds. The van der Waals surface area contributed by atoms with E-state index in [1.54, 1.807) is 18.2 Å². The molecule has 5 nitrogen and oxygen atoms in total. The third-order valence-electron chi connectivity index (χ3n) is 2.74. The average molecular weight is 270 g/mol. The summed E-state index contributed by atoms with van der Waals surface area (Å²) in [6, 6.07) is 5.25. The van der Waals surface area contributed by atoms with E-state index in [1.165, 1.54) is 4.90 Å². The maximum absolute atomic E-state index is 12.4. The van der Waals surface area contributed by atoms with E-state index < -0.39 is 6.43 Å². The van der Waals surface area contributed by atoms with Crippen LogP contribution in [0.3, 0.4) is 0 Å². The molecule has 1 heterocycles. The zero-order valence-electron chi connectivity index (χ0n) is 10.3. The van der Waals surface area contributed by atoms with E-state index in [9.17, 15) is 8.78 Å². The Labute approximate surface area is 109 Å². The number of nitrogens with two attached hydrogens (primary N) is 1. The number of anilines is 1. The monoisotopic (exact) mass is 270 g/mol. The van der Waals surface area contributed by atoms with Crippen LogP contribution in [0.1, 0.15) is 5.82 Å². The first-order valence-corrected chi connectivity index (χ1v) is 5.94. The first kappa shape index (κ1) is 13.7. The van der Waals surface area contributed by atoms with Crippen molar-refractivity contribution in [1.82, 2.24) is 14.9 Å². The molecule has 0 bridgehead atoms. The van der Waals surface area contributed by atoms with Crippen LogP contribution in [0, 0.1) is 0 Å². The minimum atomic E-state index is -2.44. The second kappa shape index (κ2) is 5.94. The number of hydrogen-bond acceptors (Lipinski definition) is 4. The van der Waals surface area contributed by atoms with Gasteiger partial charge in [-0.05, 0) is 18.2 Å². The Morgan fingerprint density at radius 1 is 1.42 bits per heavy atom. The van der Waals surface area contributed by atoms with Crippen molar-refractivity contribution in [3.63, 3.8) is 0 Å². The Morgan fingerprint density at radius 2 is 2.21 bits per heavy atom. The fourth-order valence-corrected chi connectivity index (χ4v) is 1.94. The lowest BCUT2D eigenvalue weighted by molar-refractivity contribution is 0.0735. The van der Waals surface area contributed by atoms with Gasteiger partial charge in [0.15, 0.2) is 0 Å². The highest BCUT2D eigenvalue weighted by Gasteiger charge is 2.14. The highest BCUT2D eigenvalue weighted by atomic mass is 19.3. The number of nitrogen functional groups attached to an aromatic ring is 1. The van der Waals surface area contributed by atoms with Gasteiger partial charge in [-0.2, -0.15) is 0 Å². The van der Waals surface area contributed by atoms with Crippen LogP contribution in [-0.4, -0.2) is 46.1 Å². The number of imidazole rings is 1. The molecule has 0 saturated heterocycles. The van der Waals surface area contributed by atoms with Gasteiger partial charge in [-0.1, -0.05) is 0 Å². The van der Waals surface area contributed by atoms with Crippen molar-refractivity contribution < 1.29 is 13.9 Å². The van der Waals surface area contributed by atoms with Gasteiger partial charge in [0.2, 0.25) is 0 Å². The SMILES string of the molecule is Nc1ccc2nc(CN(CCO)CC(F)F)[nH]c2c1. The van der Waals surface area contributed by atoms with Crippen molar-refractivity contribution in [1.29, 1.82) is 0 Å². The topological polar surface area (TPSA) is 78.2 Å². The number of benzene rings is 1. The van der Waals surface area contributed by atoms with Crippen LogP contribution in [-0.2, 0) is 6.54 Å². The lowest BCUT2D eigenvalue weighted by Gasteiger charge is -2.19. The number of nitrogens with zero attached hydrogens (tertiary/aromatic N) is 2. The molecule has 1 aromatic heterocycles. The number of aromatic amines is 1. The maximum Gasteiger partial charge on any atom is 0.251 e. The molecule has 1 aromatic carbocycles. The lowest BCUT2D eigenvalue weighted by atomic mass is 10.3. The van der Waals surface area contributed by atoms with Crippen molar-refractivity contribution in [2.24, 2.45) is 0 Å². The number of H-pyrrole nitrogens is 1. The van der Waals surface area contributed by atoms with Gasteiger partial charge in [-0.15, -0.1) is 0 Å². The number of halogens is 2. The summed E-state index contributed by atoms with van der Waals surface area (Å²) in [7, 11) is 0. The van der Waals surface area contributed by atoms with Crippen LogP contribution in [0.15, 0.2) is 18.2 Å². The quantitative estimate of drug-likeness (QED) is 0.689. The third kappa shape index (κ3) is 3.62. The molecule has 0 fully saturated rings. The molecule has 0 aliphatic carbocycles. The van der Waals surface area contributed by atoms with Gasteiger partial charge in [0.05, 0.1) is 30.7 Å². The van der Waals surface area contributed by atoms with E-state index >= 15 is 0 Å². The maximum atomic E-state index is 12.4. The largest absolute Gasteiger partial charge is 0.399 e. The summed E-state index contributed by atoms with van der Waals surface area (Å²) in [5.74, 6) is 0.578. The van der Waals surface area contributed by atoms with Gasteiger partial charge in [0.1, 0.15) is 5.82 Å². The third-order valence-corrected chi connectivity index (χ3v) is 2.74. The fraction of sp³-hybridized carbons (Fsp3) is 0.417. The van der Waals surface area contributed by atoms with E-state index in [0.29, 0.717) is 11.5 Å². The minimum Gasteiger partial charge on any atom is -0.399 e. The molecule has 0 saturated carbocycles. The fourth-order valence-electron chi connectivity index (χ4n) is 1.94. The van der Waals surface area contributed by atoms with Crippen LogP contribution >= 0.6 is 0 Å². The van der Waals surface area contributed by atoms with Crippen molar-refractivity contribution in [3.8, 4) is 0 Å².